The Labute approximate surface area is 119 Å². The fourth-order valence-corrected chi connectivity index (χ4v) is 2.82. The molecule has 1 aliphatic rings. The number of rotatable bonds is 5. The van der Waals surface area contributed by atoms with E-state index >= 15 is 0 Å². The summed E-state index contributed by atoms with van der Waals surface area (Å²) in [6, 6.07) is 3.70. The van der Waals surface area contributed by atoms with Crippen molar-refractivity contribution in [1.29, 1.82) is 0 Å². The van der Waals surface area contributed by atoms with Gasteiger partial charge in [0.1, 0.15) is 5.82 Å². The van der Waals surface area contributed by atoms with Gasteiger partial charge in [-0.1, -0.05) is 6.92 Å². The normalized spacial score (nSPS) is 22.5. The lowest BCUT2D eigenvalue weighted by atomic mass is 9.90. The van der Waals surface area contributed by atoms with Crippen LogP contribution in [0, 0.1) is 10.1 Å². The lowest BCUT2D eigenvalue weighted by molar-refractivity contribution is -0.384. The van der Waals surface area contributed by atoms with Gasteiger partial charge in [-0.3, -0.25) is 10.1 Å². The summed E-state index contributed by atoms with van der Waals surface area (Å²) in [4.78, 5) is 17.1. The van der Waals surface area contributed by atoms with E-state index < -0.39 is 0 Å². The third kappa shape index (κ3) is 3.45. The number of aromatic nitrogens is 1. The second-order valence-corrected chi connectivity index (χ2v) is 5.39. The molecule has 1 fully saturated rings. The summed E-state index contributed by atoms with van der Waals surface area (Å²) in [6.45, 7) is 2.98. The molecule has 0 aromatic carbocycles. The van der Waals surface area contributed by atoms with Crippen molar-refractivity contribution < 1.29 is 4.92 Å². The highest BCUT2D eigenvalue weighted by Crippen LogP contribution is 2.27. The molecule has 0 unspecified atom stereocenters. The molecule has 1 saturated carbocycles. The van der Waals surface area contributed by atoms with Crippen molar-refractivity contribution in [3.05, 3.63) is 28.4 Å². The number of hydrogen-bond acceptors (Lipinski definition) is 5. The highest BCUT2D eigenvalue weighted by Gasteiger charge is 2.25. The standard InChI is InChI=1S/C14H22N4O2/c1-2-9-17(12-5-3-11(15)4-6-12)14-10-13(18(19)20)7-8-16-14/h7-8,10-12H,2-6,9,15H2,1H3. The molecule has 6 nitrogen and oxygen atoms in total. The van der Waals surface area contributed by atoms with E-state index in [9.17, 15) is 10.1 Å². The van der Waals surface area contributed by atoms with Crippen molar-refractivity contribution in [2.45, 2.75) is 51.1 Å². The van der Waals surface area contributed by atoms with Crippen LogP contribution in [0.25, 0.3) is 0 Å². The van der Waals surface area contributed by atoms with E-state index in [-0.39, 0.29) is 10.6 Å². The Balaban J connectivity index is 2.19. The van der Waals surface area contributed by atoms with Crippen LogP contribution in [0.1, 0.15) is 39.0 Å². The maximum Gasteiger partial charge on any atom is 0.274 e. The van der Waals surface area contributed by atoms with Crippen LogP contribution in [-0.4, -0.2) is 28.5 Å². The summed E-state index contributed by atoms with van der Waals surface area (Å²) < 4.78 is 0. The zero-order chi connectivity index (χ0) is 14.5. The largest absolute Gasteiger partial charge is 0.353 e. The molecule has 0 spiro atoms. The summed E-state index contributed by atoms with van der Waals surface area (Å²) in [5.74, 6) is 0.710. The molecular formula is C14H22N4O2. The van der Waals surface area contributed by atoms with E-state index in [1.165, 1.54) is 12.3 Å². The van der Waals surface area contributed by atoms with Gasteiger partial charge >= 0.3 is 0 Å². The monoisotopic (exact) mass is 278 g/mol. The van der Waals surface area contributed by atoms with Crippen molar-refractivity contribution in [1.82, 2.24) is 4.98 Å². The predicted octanol–water partition coefficient (Wildman–Crippen LogP) is 2.48. The van der Waals surface area contributed by atoms with Crippen LogP contribution in [-0.2, 0) is 0 Å². The van der Waals surface area contributed by atoms with Crippen LogP contribution in [0.5, 0.6) is 0 Å². The van der Waals surface area contributed by atoms with Crippen LogP contribution < -0.4 is 10.6 Å². The van der Waals surface area contributed by atoms with Gasteiger partial charge in [0, 0.05) is 30.9 Å². The first kappa shape index (κ1) is 14.7. The Morgan fingerprint density at radius 1 is 1.45 bits per heavy atom. The number of pyridine rings is 1. The summed E-state index contributed by atoms with van der Waals surface area (Å²) >= 11 is 0. The van der Waals surface area contributed by atoms with E-state index in [0.717, 1.165) is 38.6 Å². The van der Waals surface area contributed by atoms with E-state index in [4.69, 9.17) is 5.73 Å². The quantitative estimate of drug-likeness (QED) is 0.660. The molecule has 2 N–H and O–H groups in total. The van der Waals surface area contributed by atoms with Crippen molar-refractivity contribution in [3.8, 4) is 0 Å². The number of hydrogen-bond donors (Lipinski definition) is 1. The molecule has 6 heteroatoms. The Kier molecular flexibility index (Phi) is 4.89. The average molecular weight is 278 g/mol. The highest BCUT2D eigenvalue weighted by atomic mass is 16.6. The van der Waals surface area contributed by atoms with E-state index in [1.54, 1.807) is 6.07 Å². The number of nitro groups is 1. The highest BCUT2D eigenvalue weighted by molar-refractivity contribution is 5.47. The van der Waals surface area contributed by atoms with Gasteiger partial charge in [0.15, 0.2) is 0 Å². The summed E-state index contributed by atoms with van der Waals surface area (Å²) in [5, 5.41) is 10.9. The van der Waals surface area contributed by atoms with Gasteiger partial charge in [0.25, 0.3) is 5.69 Å². The molecule has 1 heterocycles. The van der Waals surface area contributed by atoms with Crippen LogP contribution >= 0.6 is 0 Å². The molecule has 110 valence electrons. The molecule has 1 aliphatic carbocycles. The maximum atomic E-state index is 10.9. The maximum absolute atomic E-state index is 10.9. The van der Waals surface area contributed by atoms with Crippen molar-refractivity contribution in [2.24, 2.45) is 5.73 Å². The molecule has 2 rings (SSSR count). The van der Waals surface area contributed by atoms with Gasteiger partial charge in [-0.25, -0.2) is 4.98 Å². The van der Waals surface area contributed by atoms with Crippen molar-refractivity contribution in [2.75, 3.05) is 11.4 Å². The summed E-state index contributed by atoms with van der Waals surface area (Å²) in [6.07, 6.45) is 6.61. The zero-order valence-corrected chi connectivity index (χ0v) is 11.9. The first-order valence-corrected chi connectivity index (χ1v) is 7.24. The summed E-state index contributed by atoms with van der Waals surface area (Å²) in [5.41, 5.74) is 6.05. The van der Waals surface area contributed by atoms with Gasteiger partial charge in [-0.05, 0) is 32.1 Å². The fraction of sp³-hybridized carbons (Fsp3) is 0.643. The van der Waals surface area contributed by atoms with E-state index in [2.05, 4.69) is 16.8 Å². The third-order valence-corrected chi connectivity index (χ3v) is 3.88. The molecule has 0 amide bonds. The molecule has 0 radical (unpaired) electrons. The van der Waals surface area contributed by atoms with Crippen LogP contribution in [0.15, 0.2) is 18.3 Å². The third-order valence-electron chi connectivity index (χ3n) is 3.88. The van der Waals surface area contributed by atoms with E-state index in [1.807, 2.05) is 0 Å². The Bertz CT molecular complexity index is 458. The molecule has 0 aliphatic heterocycles. The summed E-state index contributed by atoms with van der Waals surface area (Å²) in [7, 11) is 0. The SMILES string of the molecule is CCCN(c1cc([N+](=O)[O-])ccn1)C1CCC(N)CC1. The Morgan fingerprint density at radius 3 is 2.75 bits per heavy atom. The first-order valence-electron chi connectivity index (χ1n) is 7.24. The molecule has 20 heavy (non-hydrogen) atoms. The lowest BCUT2D eigenvalue weighted by Gasteiger charge is -2.36. The Morgan fingerprint density at radius 2 is 2.15 bits per heavy atom. The zero-order valence-electron chi connectivity index (χ0n) is 11.9. The molecule has 0 bridgehead atoms. The second kappa shape index (κ2) is 6.65. The van der Waals surface area contributed by atoms with E-state index in [0.29, 0.717) is 17.9 Å². The van der Waals surface area contributed by atoms with Gasteiger partial charge in [-0.15, -0.1) is 0 Å². The fourth-order valence-electron chi connectivity index (χ4n) is 2.82. The van der Waals surface area contributed by atoms with Crippen LogP contribution in [0.4, 0.5) is 11.5 Å². The molecule has 0 atom stereocenters. The second-order valence-electron chi connectivity index (χ2n) is 5.39. The van der Waals surface area contributed by atoms with Gasteiger partial charge in [0.2, 0.25) is 0 Å². The van der Waals surface area contributed by atoms with Crippen LogP contribution in [0.2, 0.25) is 0 Å². The minimum absolute atomic E-state index is 0.101. The minimum Gasteiger partial charge on any atom is -0.353 e. The van der Waals surface area contributed by atoms with Gasteiger partial charge in [0.05, 0.1) is 11.0 Å². The van der Waals surface area contributed by atoms with Crippen LogP contribution in [0.3, 0.4) is 0 Å². The number of anilines is 1. The van der Waals surface area contributed by atoms with Crippen molar-refractivity contribution >= 4 is 11.5 Å². The minimum atomic E-state index is -0.369. The Hall–Kier alpha value is -1.69. The molecule has 0 saturated heterocycles. The lowest BCUT2D eigenvalue weighted by Crippen LogP contribution is -2.41. The van der Waals surface area contributed by atoms with Gasteiger partial charge < -0.3 is 10.6 Å². The molecular weight excluding hydrogens is 256 g/mol. The topological polar surface area (TPSA) is 85.3 Å². The molecule has 1 aromatic rings. The molecule has 1 aromatic heterocycles. The number of nitrogens with two attached hydrogens (primary N) is 1. The predicted molar refractivity (Wildman–Crippen MR) is 78.8 cm³/mol. The van der Waals surface area contributed by atoms with Gasteiger partial charge in [-0.2, -0.15) is 0 Å². The van der Waals surface area contributed by atoms with Crippen molar-refractivity contribution in [3.63, 3.8) is 0 Å². The smallest absolute Gasteiger partial charge is 0.274 e. The number of nitrogens with zero attached hydrogens (tertiary/aromatic N) is 3. The first-order chi connectivity index (χ1) is 9.61. The average Bonchev–Trinajstić information content (AvgIpc) is 2.46.